The molecule has 2 aromatic carbocycles. The van der Waals surface area contributed by atoms with Gasteiger partial charge in [-0.1, -0.05) is 42.5 Å². The Labute approximate surface area is 194 Å². The number of guanidine groups is 1. The fourth-order valence-electron chi connectivity index (χ4n) is 3.01. The second-order valence-electron chi connectivity index (χ2n) is 8.41. The van der Waals surface area contributed by atoms with Gasteiger partial charge in [-0.15, -0.1) is 0 Å². The second-order valence-corrected chi connectivity index (χ2v) is 8.41. The molecule has 0 spiro atoms. The van der Waals surface area contributed by atoms with E-state index >= 15 is 0 Å². The number of carbonyl (C=O) groups is 1. The molecule has 3 aromatic rings. The van der Waals surface area contributed by atoms with E-state index in [-0.39, 0.29) is 0 Å². The van der Waals surface area contributed by atoms with Gasteiger partial charge >= 0.3 is 6.09 Å². The number of anilines is 1. The molecule has 0 aliphatic rings. The number of benzene rings is 2. The van der Waals surface area contributed by atoms with E-state index in [9.17, 15) is 4.79 Å². The summed E-state index contributed by atoms with van der Waals surface area (Å²) in [5.74, 6) is 1.99. The number of oxazole rings is 1. The van der Waals surface area contributed by atoms with Gasteiger partial charge in [-0.05, 0) is 44.9 Å². The Morgan fingerprint density at radius 2 is 1.79 bits per heavy atom. The van der Waals surface area contributed by atoms with Crippen LogP contribution in [0.3, 0.4) is 0 Å². The Balaban J connectivity index is 1.41. The largest absolute Gasteiger partial charge is 0.444 e. The minimum absolute atomic E-state index is 0.428. The molecule has 3 N–H and O–H groups in total. The van der Waals surface area contributed by atoms with Gasteiger partial charge in [0, 0.05) is 24.8 Å². The average molecular weight is 450 g/mol. The highest BCUT2D eigenvalue weighted by molar-refractivity contribution is 5.84. The zero-order valence-corrected chi connectivity index (χ0v) is 19.5. The summed E-state index contributed by atoms with van der Waals surface area (Å²) in [6.07, 6.45) is 2.06. The molecule has 174 valence electrons. The third-order valence-corrected chi connectivity index (χ3v) is 4.55. The number of aromatic nitrogens is 1. The third kappa shape index (κ3) is 7.99. The molecule has 8 heteroatoms. The van der Waals surface area contributed by atoms with Crippen molar-refractivity contribution in [1.29, 1.82) is 0 Å². The zero-order valence-electron chi connectivity index (χ0n) is 19.5. The number of hydrogen-bond acceptors (Lipinski definition) is 5. The summed E-state index contributed by atoms with van der Waals surface area (Å²) >= 11 is 0. The summed E-state index contributed by atoms with van der Waals surface area (Å²) in [6, 6.07) is 17.5. The Hall–Kier alpha value is -3.81. The maximum atomic E-state index is 11.9. The molecule has 0 bridgehead atoms. The van der Waals surface area contributed by atoms with Crippen LogP contribution in [-0.4, -0.2) is 36.2 Å². The Bertz CT molecular complexity index is 1050. The number of nitrogens with one attached hydrogen (secondary N) is 3. The van der Waals surface area contributed by atoms with Crippen molar-refractivity contribution in [3.05, 3.63) is 72.2 Å². The van der Waals surface area contributed by atoms with Crippen LogP contribution in [0.5, 0.6) is 0 Å². The lowest BCUT2D eigenvalue weighted by molar-refractivity contribution is 0.0636. The molecule has 0 unspecified atom stereocenters. The number of carbonyl (C=O) groups excluding carboxylic acids is 1. The molecule has 0 fully saturated rings. The van der Waals surface area contributed by atoms with Crippen molar-refractivity contribution in [3.8, 4) is 11.3 Å². The maximum absolute atomic E-state index is 11.9. The van der Waals surface area contributed by atoms with Crippen LogP contribution in [0.25, 0.3) is 11.3 Å². The first-order chi connectivity index (χ1) is 15.8. The van der Waals surface area contributed by atoms with Gasteiger partial charge < -0.3 is 19.8 Å². The summed E-state index contributed by atoms with van der Waals surface area (Å²) in [5, 5.41) is 9.22. The molecule has 3 rings (SSSR count). The van der Waals surface area contributed by atoms with Crippen LogP contribution in [0.2, 0.25) is 0 Å². The maximum Gasteiger partial charge on any atom is 0.412 e. The van der Waals surface area contributed by atoms with Crippen molar-refractivity contribution in [2.75, 3.05) is 18.9 Å². The SMILES string of the molecule is CN=C(NCCc1ccc(NC(=O)OC(C)(C)C)cc1)NCc1ncc(-c2ccccc2)o1. The van der Waals surface area contributed by atoms with E-state index in [1.54, 1.807) is 13.2 Å². The molecule has 0 saturated heterocycles. The quantitative estimate of drug-likeness (QED) is 0.360. The van der Waals surface area contributed by atoms with Gasteiger partial charge in [0.1, 0.15) is 5.60 Å². The van der Waals surface area contributed by atoms with Crippen molar-refractivity contribution in [2.24, 2.45) is 4.99 Å². The summed E-state index contributed by atoms with van der Waals surface area (Å²) in [4.78, 5) is 20.4. The van der Waals surface area contributed by atoms with E-state index in [1.165, 1.54) is 0 Å². The Morgan fingerprint density at radius 3 is 2.45 bits per heavy atom. The predicted octanol–water partition coefficient (Wildman–Crippen LogP) is 4.60. The smallest absolute Gasteiger partial charge is 0.412 e. The number of nitrogens with zero attached hydrogens (tertiary/aromatic N) is 2. The molecular weight excluding hydrogens is 418 g/mol. The minimum atomic E-state index is -0.528. The lowest BCUT2D eigenvalue weighted by Gasteiger charge is -2.19. The summed E-state index contributed by atoms with van der Waals surface area (Å²) in [7, 11) is 1.72. The van der Waals surface area contributed by atoms with Crippen molar-refractivity contribution in [3.63, 3.8) is 0 Å². The van der Waals surface area contributed by atoms with E-state index in [1.807, 2.05) is 75.4 Å². The third-order valence-electron chi connectivity index (χ3n) is 4.55. The fraction of sp³-hybridized carbons (Fsp3) is 0.320. The van der Waals surface area contributed by atoms with Gasteiger partial charge in [-0.3, -0.25) is 10.3 Å². The van der Waals surface area contributed by atoms with Gasteiger partial charge in [0.05, 0.1) is 12.7 Å². The van der Waals surface area contributed by atoms with Gasteiger partial charge in [-0.25, -0.2) is 9.78 Å². The monoisotopic (exact) mass is 449 g/mol. The molecule has 0 aliphatic heterocycles. The number of amides is 1. The van der Waals surface area contributed by atoms with Crippen LogP contribution >= 0.6 is 0 Å². The molecule has 0 radical (unpaired) electrons. The van der Waals surface area contributed by atoms with Crippen molar-refractivity contribution in [2.45, 2.75) is 39.3 Å². The Morgan fingerprint density at radius 1 is 1.06 bits per heavy atom. The lowest BCUT2D eigenvalue weighted by Crippen LogP contribution is -2.37. The van der Waals surface area contributed by atoms with E-state index in [4.69, 9.17) is 9.15 Å². The number of rotatable bonds is 7. The predicted molar refractivity (Wildman–Crippen MR) is 130 cm³/mol. The first-order valence-electron chi connectivity index (χ1n) is 10.9. The van der Waals surface area contributed by atoms with Gasteiger partial charge in [0.15, 0.2) is 11.7 Å². The molecule has 0 atom stereocenters. The van der Waals surface area contributed by atoms with Crippen LogP contribution < -0.4 is 16.0 Å². The zero-order chi connectivity index (χ0) is 23.7. The Kier molecular flexibility index (Phi) is 8.07. The molecule has 8 nitrogen and oxygen atoms in total. The van der Waals surface area contributed by atoms with E-state index in [2.05, 4.69) is 25.9 Å². The molecule has 1 amide bonds. The highest BCUT2D eigenvalue weighted by Gasteiger charge is 2.16. The molecule has 33 heavy (non-hydrogen) atoms. The van der Waals surface area contributed by atoms with Crippen LogP contribution in [-0.2, 0) is 17.7 Å². The van der Waals surface area contributed by atoms with Gasteiger partial charge in [0.25, 0.3) is 0 Å². The van der Waals surface area contributed by atoms with Crippen molar-refractivity contribution in [1.82, 2.24) is 15.6 Å². The summed E-state index contributed by atoms with van der Waals surface area (Å²) < 4.78 is 11.1. The van der Waals surface area contributed by atoms with Crippen LogP contribution in [0.4, 0.5) is 10.5 Å². The molecule has 0 saturated carbocycles. The van der Waals surface area contributed by atoms with Crippen molar-refractivity contribution >= 4 is 17.7 Å². The molecular formula is C25H31N5O3. The minimum Gasteiger partial charge on any atom is -0.444 e. The summed E-state index contributed by atoms with van der Waals surface area (Å²) in [5.41, 5.74) is 2.29. The standard InChI is InChI=1S/C25H31N5O3/c1-25(2,3)33-24(31)30-20-12-10-18(11-13-20)14-15-27-23(26-4)29-17-22-28-16-21(32-22)19-8-6-5-7-9-19/h5-13,16H,14-15,17H2,1-4H3,(H,30,31)(H2,26,27,29). The molecule has 1 aromatic heterocycles. The van der Waals surface area contributed by atoms with E-state index in [0.717, 1.165) is 23.3 Å². The van der Waals surface area contributed by atoms with E-state index in [0.29, 0.717) is 30.6 Å². The molecule has 0 aliphatic carbocycles. The highest BCUT2D eigenvalue weighted by atomic mass is 16.6. The number of ether oxygens (including phenoxy) is 1. The number of aliphatic imine (C=N–C) groups is 1. The number of hydrogen-bond donors (Lipinski definition) is 3. The topological polar surface area (TPSA) is 101 Å². The average Bonchev–Trinajstić information content (AvgIpc) is 3.25. The van der Waals surface area contributed by atoms with Crippen LogP contribution in [0.1, 0.15) is 32.2 Å². The van der Waals surface area contributed by atoms with Gasteiger partial charge in [0.2, 0.25) is 5.89 Å². The van der Waals surface area contributed by atoms with Gasteiger partial charge in [-0.2, -0.15) is 0 Å². The lowest BCUT2D eigenvalue weighted by atomic mass is 10.1. The first kappa shape index (κ1) is 23.8. The highest BCUT2D eigenvalue weighted by Crippen LogP contribution is 2.19. The normalized spacial score (nSPS) is 11.7. The fourth-order valence-corrected chi connectivity index (χ4v) is 3.01. The van der Waals surface area contributed by atoms with Crippen molar-refractivity contribution < 1.29 is 13.9 Å². The first-order valence-corrected chi connectivity index (χ1v) is 10.9. The second kappa shape index (κ2) is 11.2. The summed E-state index contributed by atoms with van der Waals surface area (Å²) in [6.45, 7) is 6.62. The van der Waals surface area contributed by atoms with E-state index < -0.39 is 11.7 Å². The van der Waals surface area contributed by atoms with Crippen LogP contribution in [0, 0.1) is 0 Å². The molecule has 1 heterocycles. The van der Waals surface area contributed by atoms with Crippen LogP contribution in [0.15, 0.2) is 70.2 Å².